The summed E-state index contributed by atoms with van der Waals surface area (Å²) in [5.74, 6) is -0.178. The molecule has 7 nitrogen and oxygen atoms in total. The summed E-state index contributed by atoms with van der Waals surface area (Å²) in [5.41, 5.74) is 0.675. The molecule has 1 aliphatic heterocycles. The Morgan fingerprint density at radius 3 is 2.24 bits per heavy atom. The van der Waals surface area contributed by atoms with E-state index < -0.39 is 10.1 Å². The fraction of sp³-hybridized carbons (Fsp3) is 0.333. The number of allylic oxidation sites excluding steroid dienone is 2. The van der Waals surface area contributed by atoms with Crippen LogP contribution in [0, 0.1) is 23.7 Å². The third kappa shape index (κ3) is 2.78. The van der Waals surface area contributed by atoms with E-state index in [1.54, 1.807) is 30.3 Å². The number of amides is 2. The largest absolute Gasteiger partial charge is 0.383 e. The quantitative estimate of drug-likeness (QED) is 0.444. The number of hydrogen-bond acceptors (Lipinski definition) is 5. The lowest BCUT2D eigenvalue weighted by Crippen LogP contribution is -2.36. The average Bonchev–Trinajstić information content (AvgIpc) is 3.36. The van der Waals surface area contributed by atoms with Gasteiger partial charge >= 0.3 is 0 Å². The van der Waals surface area contributed by atoms with Crippen molar-refractivity contribution in [2.45, 2.75) is 11.3 Å². The maximum atomic E-state index is 12.7. The molecule has 0 aromatic heterocycles. The molecular formula is C21H20N2O5S. The van der Waals surface area contributed by atoms with E-state index in [9.17, 15) is 22.6 Å². The van der Waals surface area contributed by atoms with Crippen molar-refractivity contribution in [2.24, 2.45) is 23.7 Å². The van der Waals surface area contributed by atoms with Crippen molar-refractivity contribution in [3.8, 4) is 0 Å². The molecule has 3 aliphatic rings. The fourth-order valence-corrected chi connectivity index (χ4v) is 5.85. The Morgan fingerprint density at radius 1 is 0.966 bits per heavy atom. The zero-order valence-electron chi connectivity index (χ0n) is 15.5. The highest BCUT2D eigenvalue weighted by atomic mass is 32.2. The van der Waals surface area contributed by atoms with Gasteiger partial charge in [0.15, 0.2) is 0 Å². The summed E-state index contributed by atoms with van der Waals surface area (Å²) in [6, 6.07) is 9.79. The van der Waals surface area contributed by atoms with E-state index in [4.69, 9.17) is 0 Å². The van der Waals surface area contributed by atoms with Gasteiger partial charge in [-0.2, -0.15) is 8.42 Å². The van der Waals surface area contributed by atoms with Gasteiger partial charge in [0.05, 0.1) is 11.8 Å². The van der Waals surface area contributed by atoms with Gasteiger partial charge in [-0.3, -0.25) is 19.0 Å². The number of imide groups is 1. The second-order valence-electron chi connectivity index (χ2n) is 7.89. The number of nitrogens with zero attached hydrogens (tertiary/aromatic N) is 1. The molecule has 4 atom stereocenters. The van der Waals surface area contributed by atoms with Gasteiger partial charge in [-0.15, -0.1) is 0 Å². The smallest absolute Gasteiger partial charge is 0.295 e. The Morgan fingerprint density at radius 2 is 1.59 bits per heavy atom. The first-order valence-electron chi connectivity index (χ1n) is 9.63. The van der Waals surface area contributed by atoms with Gasteiger partial charge in [-0.1, -0.05) is 36.4 Å². The Balaban J connectivity index is 1.34. The maximum absolute atomic E-state index is 12.7. The Bertz CT molecular complexity index is 1140. The molecule has 2 aromatic rings. The van der Waals surface area contributed by atoms with E-state index in [2.05, 4.69) is 17.5 Å². The van der Waals surface area contributed by atoms with Crippen LogP contribution in [-0.2, 0) is 19.7 Å². The zero-order valence-corrected chi connectivity index (χ0v) is 16.3. The van der Waals surface area contributed by atoms with Crippen LogP contribution in [-0.4, -0.2) is 42.8 Å². The summed E-state index contributed by atoms with van der Waals surface area (Å²) in [6.07, 6.45) is 5.05. The molecule has 0 spiro atoms. The number of nitrogens with one attached hydrogen (secondary N) is 1. The number of rotatable bonds is 5. The summed E-state index contributed by atoms with van der Waals surface area (Å²) in [7, 11) is -4.34. The molecule has 2 aromatic carbocycles. The van der Waals surface area contributed by atoms with Crippen LogP contribution in [0.2, 0.25) is 0 Å². The number of carbonyl (C=O) groups is 2. The summed E-state index contributed by atoms with van der Waals surface area (Å²) in [4.78, 5) is 26.7. The van der Waals surface area contributed by atoms with Crippen LogP contribution in [0.15, 0.2) is 53.4 Å². The first-order valence-corrected chi connectivity index (χ1v) is 11.1. The van der Waals surface area contributed by atoms with Gasteiger partial charge < -0.3 is 5.32 Å². The van der Waals surface area contributed by atoms with Gasteiger partial charge in [-0.25, -0.2) is 0 Å². The van der Waals surface area contributed by atoms with Crippen LogP contribution in [0.1, 0.15) is 6.42 Å². The first kappa shape index (κ1) is 18.3. The lowest BCUT2D eigenvalue weighted by atomic mass is 9.85. The molecular weight excluding hydrogens is 392 g/mol. The maximum Gasteiger partial charge on any atom is 0.295 e. The number of fused-ring (bicyclic) bond motifs is 6. The van der Waals surface area contributed by atoms with Crippen LogP contribution in [0.4, 0.5) is 5.69 Å². The molecule has 2 N–H and O–H groups in total. The molecule has 1 saturated carbocycles. The molecule has 29 heavy (non-hydrogen) atoms. The summed E-state index contributed by atoms with van der Waals surface area (Å²) in [6.45, 7) is 0.618. The molecule has 4 unspecified atom stereocenters. The van der Waals surface area contributed by atoms with E-state index in [1.807, 2.05) is 0 Å². The zero-order chi connectivity index (χ0) is 20.3. The molecule has 150 valence electrons. The van der Waals surface area contributed by atoms with Crippen molar-refractivity contribution in [3.63, 3.8) is 0 Å². The first-order chi connectivity index (χ1) is 13.9. The topological polar surface area (TPSA) is 104 Å². The molecule has 8 heteroatoms. The van der Waals surface area contributed by atoms with Crippen LogP contribution in [0.5, 0.6) is 0 Å². The minimum absolute atomic E-state index is 0.0785. The van der Waals surface area contributed by atoms with E-state index in [0.29, 0.717) is 23.0 Å². The fourth-order valence-electron chi connectivity index (χ4n) is 5.15. The molecule has 2 aliphatic carbocycles. The predicted molar refractivity (Wildman–Crippen MR) is 107 cm³/mol. The molecule has 2 fully saturated rings. The third-order valence-electron chi connectivity index (χ3n) is 6.37. The molecule has 1 saturated heterocycles. The number of likely N-dealkylation sites (tertiary alicyclic amines) is 1. The van der Waals surface area contributed by atoms with Gasteiger partial charge in [0, 0.05) is 29.5 Å². The van der Waals surface area contributed by atoms with Crippen molar-refractivity contribution >= 4 is 38.4 Å². The highest BCUT2D eigenvalue weighted by molar-refractivity contribution is 7.86. The monoisotopic (exact) mass is 412 g/mol. The molecule has 2 bridgehead atoms. The van der Waals surface area contributed by atoms with Crippen molar-refractivity contribution in [1.29, 1.82) is 0 Å². The van der Waals surface area contributed by atoms with Crippen molar-refractivity contribution < 1.29 is 22.6 Å². The molecule has 0 radical (unpaired) electrons. The van der Waals surface area contributed by atoms with Crippen LogP contribution >= 0.6 is 0 Å². The van der Waals surface area contributed by atoms with Gasteiger partial charge in [-0.05, 0) is 30.4 Å². The van der Waals surface area contributed by atoms with E-state index in [-0.39, 0.29) is 46.9 Å². The Kier molecular flexibility index (Phi) is 4.04. The van der Waals surface area contributed by atoms with Crippen molar-refractivity contribution in [1.82, 2.24) is 4.90 Å². The molecule has 5 rings (SSSR count). The van der Waals surface area contributed by atoms with Crippen molar-refractivity contribution in [3.05, 3.63) is 48.6 Å². The molecule has 1 heterocycles. The van der Waals surface area contributed by atoms with Crippen molar-refractivity contribution in [2.75, 3.05) is 18.4 Å². The number of anilines is 1. The third-order valence-corrected chi connectivity index (χ3v) is 7.28. The van der Waals surface area contributed by atoms with E-state index in [0.717, 1.165) is 6.42 Å². The molecule has 2 amide bonds. The minimum atomic E-state index is -4.34. The number of hydrogen-bond donors (Lipinski definition) is 2. The van der Waals surface area contributed by atoms with Crippen LogP contribution in [0.3, 0.4) is 0 Å². The summed E-state index contributed by atoms with van der Waals surface area (Å²) in [5, 5.41) is 4.25. The minimum Gasteiger partial charge on any atom is -0.383 e. The van der Waals surface area contributed by atoms with Crippen LogP contribution < -0.4 is 5.32 Å². The lowest BCUT2D eigenvalue weighted by molar-refractivity contribution is -0.140. The summed E-state index contributed by atoms with van der Waals surface area (Å²) < 4.78 is 32.7. The van der Waals surface area contributed by atoms with Crippen LogP contribution in [0.25, 0.3) is 10.8 Å². The number of benzene rings is 2. The van der Waals surface area contributed by atoms with E-state index >= 15 is 0 Å². The SMILES string of the molecule is O=C1C2C3C=CC(C3)C2C(=O)N1CCNc1cccc2c(S(=O)(=O)O)cccc12. The summed E-state index contributed by atoms with van der Waals surface area (Å²) >= 11 is 0. The normalized spacial score (nSPS) is 27.8. The Hall–Kier alpha value is -2.71. The highest BCUT2D eigenvalue weighted by Crippen LogP contribution is 2.52. The Labute approximate surface area is 168 Å². The second-order valence-corrected chi connectivity index (χ2v) is 9.28. The van der Waals surface area contributed by atoms with Gasteiger partial charge in [0.25, 0.3) is 10.1 Å². The standard InChI is InChI=1S/C21H20N2O5S/c24-20-18-12-7-8-13(11-12)19(18)21(25)23(20)10-9-22-16-5-1-4-15-14(16)3-2-6-17(15)29(26,27)28/h1-8,12-13,18-19,22H,9-11H2,(H,26,27,28). The highest BCUT2D eigenvalue weighted by Gasteiger charge is 2.58. The lowest BCUT2D eigenvalue weighted by Gasteiger charge is -2.18. The average molecular weight is 412 g/mol. The predicted octanol–water partition coefficient (Wildman–Crippen LogP) is 2.31. The second kappa shape index (κ2) is 6.40. The van der Waals surface area contributed by atoms with Gasteiger partial charge in [0.2, 0.25) is 11.8 Å². The van der Waals surface area contributed by atoms with Gasteiger partial charge in [0.1, 0.15) is 4.90 Å². The number of carbonyl (C=O) groups excluding carboxylic acids is 2. The van der Waals surface area contributed by atoms with E-state index in [1.165, 1.54) is 11.0 Å².